The standard InChI is InChI=1S/C17H23NO5S/c1-3-23-16(20)17(2)9-11-18-10-8-15(17)24(21,22)14-6-4-13(12-19)5-7-14/h4-7,12,15,18H,3,8-11H2,1-2H3. The van der Waals surface area contributed by atoms with E-state index in [0.29, 0.717) is 37.8 Å². The van der Waals surface area contributed by atoms with Crippen LogP contribution < -0.4 is 5.32 Å². The molecule has 0 radical (unpaired) electrons. The lowest BCUT2D eigenvalue weighted by Gasteiger charge is -2.33. The van der Waals surface area contributed by atoms with Crippen LogP contribution in [0.3, 0.4) is 0 Å². The Morgan fingerprint density at radius 1 is 1.33 bits per heavy atom. The van der Waals surface area contributed by atoms with Crippen LogP contribution in [0.5, 0.6) is 0 Å². The maximum absolute atomic E-state index is 13.1. The molecule has 0 aromatic heterocycles. The number of carbonyl (C=O) groups excluding carboxylic acids is 2. The Hall–Kier alpha value is -1.73. The van der Waals surface area contributed by atoms with Crippen LogP contribution in [0.2, 0.25) is 0 Å². The van der Waals surface area contributed by atoms with Crippen LogP contribution in [-0.4, -0.2) is 45.6 Å². The van der Waals surface area contributed by atoms with Crippen LogP contribution in [0, 0.1) is 5.41 Å². The van der Waals surface area contributed by atoms with E-state index in [-0.39, 0.29) is 11.5 Å². The largest absolute Gasteiger partial charge is 0.466 e. The van der Waals surface area contributed by atoms with E-state index in [0.717, 1.165) is 0 Å². The molecule has 2 unspecified atom stereocenters. The number of aldehydes is 1. The summed E-state index contributed by atoms with van der Waals surface area (Å²) in [5.74, 6) is -0.480. The molecule has 0 amide bonds. The second kappa shape index (κ2) is 7.44. The molecular weight excluding hydrogens is 330 g/mol. The van der Waals surface area contributed by atoms with Crippen LogP contribution in [0.4, 0.5) is 0 Å². The lowest BCUT2D eigenvalue weighted by molar-refractivity contribution is -0.154. The first kappa shape index (κ1) is 18.6. The van der Waals surface area contributed by atoms with Crippen molar-refractivity contribution < 1.29 is 22.7 Å². The fourth-order valence-electron chi connectivity index (χ4n) is 3.11. The van der Waals surface area contributed by atoms with E-state index in [1.807, 2.05) is 0 Å². The van der Waals surface area contributed by atoms with Crippen molar-refractivity contribution in [2.75, 3.05) is 19.7 Å². The van der Waals surface area contributed by atoms with Gasteiger partial charge in [-0.05, 0) is 51.9 Å². The summed E-state index contributed by atoms with van der Waals surface area (Å²) < 4.78 is 31.4. The molecule has 0 saturated carbocycles. The summed E-state index contributed by atoms with van der Waals surface area (Å²) in [6, 6.07) is 5.78. The van der Waals surface area contributed by atoms with Gasteiger partial charge in [-0.1, -0.05) is 12.1 Å². The van der Waals surface area contributed by atoms with Crippen molar-refractivity contribution in [3.8, 4) is 0 Å². The van der Waals surface area contributed by atoms with Gasteiger partial charge in [-0.3, -0.25) is 9.59 Å². The summed E-state index contributed by atoms with van der Waals surface area (Å²) in [6.45, 7) is 4.66. The van der Waals surface area contributed by atoms with Crippen molar-refractivity contribution in [1.29, 1.82) is 0 Å². The first-order valence-electron chi connectivity index (χ1n) is 8.03. The number of benzene rings is 1. The Bertz CT molecular complexity index is 698. The van der Waals surface area contributed by atoms with Crippen molar-refractivity contribution in [2.24, 2.45) is 5.41 Å². The summed E-state index contributed by atoms with van der Waals surface area (Å²) in [5, 5.41) is 2.28. The summed E-state index contributed by atoms with van der Waals surface area (Å²) in [4.78, 5) is 23.4. The molecule has 2 atom stereocenters. The Morgan fingerprint density at radius 2 is 2.00 bits per heavy atom. The van der Waals surface area contributed by atoms with Crippen LogP contribution >= 0.6 is 0 Å². The van der Waals surface area contributed by atoms with Crippen LogP contribution in [0.15, 0.2) is 29.2 Å². The highest BCUT2D eigenvalue weighted by molar-refractivity contribution is 7.92. The first-order chi connectivity index (χ1) is 11.4. The molecule has 1 fully saturated rings. The molecule has 1 heterocycles. The topological polar surface area (TPSA) is 89.5 Å². The number of hydrogen-bond donors (Lipinski definition) is 1. The number of ether oxygens (including phenoxy) is 1. The molecule has 24 heavy (non-hydrogen) atoms. The van der Waals surface area contributed by atoms with Crippen molar-refractivity contribution in [1.82, 2.24) is 5.32 Å². The molecule has 1 aromatic carbocycles. The average molecular weight is 353 g/mol. The Morgan fingerprint density at radius 3 is 2.58 bits per heavy atom. The van der Waals surface area contributed by atoms with Crippen molar-refractivity contribution >= 4 is 22.1 Å². The predicted molar refractivity (Wildman–Crippen MR) is 89.6 cm³/mol. The zero-order valence-corrected chi connectivity index (χ0v) is 14.8. The van der Waals surface area contributed by atoms with Gasteiger partial charge in [0.05, 0.1) is 22.2 Å². The van der Waals surface area contributed by atoms with Gasteiger partial charge in [-0.15, -0.1) is 0 Å². The minimum Gasteiger partial charge on any atom is -0.466 e. The van der Waals surface area contributed by atoms with E-state index in [9.17, 15) is 18.0 Å². The van der Waals surface area contributed by atoms with Gasteiger partial charge >= 0.3 is 5.97 Å². The van der Waals surface area contributed by atoms with Gasteiger partial charge in [0.25, 0.3) is 0 Å². The fraction of sp³-hybridized carbons (Fsp3) is 0.529. The van der Waals surface area contributed by atoms with E-state index >= 15 is 0 Å². The molecule has 7 heteroatoms. The van der Waals surface area contributed by atoms with Crippen molar-refractivity contribution in [2.45, 2.75) is 36.8 Å². The van der Waals surface area contributed by atoms with E-state index in [1.54, 1.807) is 13.8 Å². The molecular formula is C17H23NO5S. The van der Waals surface area contributed by atoms with Gasteiger partial charge in [-0.25, -0.2) is 8.42 Å². The van der Waals surface area contributed by atoms with Crippen LogP contribution in [0.25, 0.3) is 0 Å². The van der Waals surface area contributed by atoms with Crippen LogP contribution in [0.1, 0.15) is 37.0 Å². The van der Waals surface area contributed by atoms with Crippen molar-refractivity contribution in [3.05, 3.63) is 29.8 Å². The van der Waals surface area contributed by atoms with Gasteiger partial charge in [0.1, 0.15) is 6.29 Å². The number of carbonyl (C=O) groups is 2. The highest BCUT2D eigenvalue weighted by atomic mass is 32.2. The number of esters is 1. The zero-order valence-electron chi connectivity index (χ0n) is 13.9. The highest BCUT2D eigenvalue weighted by Crippen LogP contribution is 2.38. The average Bonchev–Trinajstić information content (AvgIpc) is 2.78. The zero-order chi connectivity index (χ0) is 17.8. The molecule has 1 aromatic rings. The van der Waals surface area contributed by atoms with E-state index in [2.05, 4.69) is 5.32 Å². The van der Waals surface area contributed by atoms with Gasteiger partial charge in [0.15, 0.2) is 9.84 Å². The fourth-order valence-corrected chi connectivity index (χ4v) is 5.28. The monoisotopic (exact) mass is 353 g/mol. The maximum atomic E-state index is 13.1. The van der Waals surface area contributed by atoms with Crippen molar-refractivity contribution in [3.63, 3.8) is 0 Å². The molecule has 0 spiro atoms. The first-order valence-corrected chi connectivity index (χ1v) is 9.58. The number of hydrogen-bond acceptors (Lipinski definition) is 6. The molecule has 0 bridgehead atoms. The van der Waals surface area contributed by atoms with E-state index in [4.69, 9.17) is 4.74 Å². The maximum Gasteiger partial charge on any atom is 0.313 e. The lowest BCUT2D eigenvalue weighted by Crippen LogP contribution is -2.45. The molecule has 1 saturated heterocycles. The van der Waals surface area contributed by atoms with Crippen LogP contribution in [-0.2, 0) is 19.4 Å². The third-order valence-electron chi connectivity index (χ3n) is 4.58. The molecule has 1 N–H and O–H groups in total. The SMILES string of the molecule is CCOC(=O)C1(C)CCNCCC1S(=O)(=O)c1ccc(C=O)cc1. The predicted octanol–water partition coefficient (Wildman–Crippen LogP) is 1.59. The Balaban J connectivity index is 2.45. The molecule has 2 rings (SSSR count). The Labute approximate surface area is 142 Å². The molecule has 6 nitrogen and oxygen atoms in total. The van der Waals surface area contributed by atoms with E-state index < -0.39 is 26.5 Å². The molecule has 1 aliphatic rings. The van der Waals surface area contributed by atoms with Gasteiger partial charge in [-0.2, -0.15) is 0 Å². The third-order valence-corrected chi connectivity index (χ3v) is 7.01. The minimum atomic E-state index is -3.74. The number of nitrogens with one attached hydrogen (secondary N) is 1. The Kier molecular flexibility index (Phi) is 5.77. The summed E-state index contributed by atoms with van der Waals surface area (Å²) in [6.07, 6.45) is 1.38. The van der Waals surface area contributed by atoms with Gasteiger partial charge in [0, 0.05) is 5.56 Å². The highest BCUT2D eigenvalue weighted by Gasteiger charge is 2.49. The van der Waals surface area contributed by atoms with Gasteiger partial charge < -0.3 is 10.1 Å². The molecule has 132 valence electrons. The lowest BCUT2D eigenvalue weighted by atomic mass is 9.82. The summed E-state index contributed by atoms with van der Waals surface area (Å²) >= 11 is 0. The molecule has 0 aliphatic carbocycles. The summed E-state index contributed by atoms with van der Waals surface area (Å²) in [5.41, 5.74) is -0.702. The quantitative estimate of drug-likeness (QED) is 0.639. The van der Waals surface area contributed by atoms with E-state index in [1.165, 1.54) is 24.3 Å². The third kappa shape index (κ3) is 3.52. The smallest absolute Gasteiger partial charge is 0.313 e. The number of sulfone groups is 1. The second-order valence-electron chi connectivity index (χ2n) is 6.15. The van der Waals surface area contributed by atoms with Gasteiger partial charge in [0.2, 0.25) is 0 Å². The normalized spacial score (nSPS) is 24.8. The summed E-state index contributed by atoms with van der Waals surface area (Å²) in [7, 11) is -3.74. The second-order valence-corrected chi connectivity index (χ2v) is 8.28. The minimum absolute atomic E-state index is 0.121. The number of rotatable bonds is 5. The molecule has 1 aliphatic heterocycles.